The van der Waals surface area contributed by atoms with Crippen LogP contribution in [0.15, 0.2) is 53.6 Å². The molecule has 0 spiro atoms. The molecule has 138 valence electrons. The summed E-state index contributed by atoms with van der Waals surface area (Å²) < 4.78 is 1.66. The molecule has 0 radical (unpaired) electrons. The Morgan fingerprint density at radius 2 is 1.89 bits per heavy atom. The Morgan fingerprint density at radius 3 is 2.59 bits per heavy atom. The maximum Gasteiger partial charge on any atom is 0.191 e. The average molecular weight is 439 g/mol. The number of aromatic nitrogens is 2. The predicted molar refractivity (Wildman–Crippen MR) is 117 cm³/mol. The molecule has 0 aliphatic heterocycles. The van der Waals surface area contributed by atoms with Gasteiger partial charge in [-0.05, 0) is 49.5 Å². The summed E-state index contributed by atoms with van der Waals surface area (Å²) in [5.41, 5.74) is 5.66. The molecule has 0 bridgehead atoms. The van der Waals surface area contributed by atoms with Crippen molar-refractivity contribution in [2.75, 3.05) is 5.32 Å². The molecule has 0 atom stereocenters. The third-order valence-corrected chi connectivity index (χ3v) is 4.69. The zero-order chi connectivity index (χ0) is 19.4. The molecule has 3 aromatic rings. The highest BCUT2D eigenvalue weighted by atomic mass is 35.5. The molecule has 0 unspecified atom stereocenters. The number of benzene rings is 2. The SMILES string of the molecule is Cc1nn(-c2ccccc2)c(Cl)c1C=NNC(=S)Nc1ccc(Cl)cc1Cl. The lowest BCUT2D eigenvalue weighted by Gasteiger charge is -2.08. The first-order chi connectivity index (χ1) is 13.0. The summed E-state index contributed by atoms with van der Waals surface area (Å²) in [6, 6.07) is 14.7. The van der Waals surface area contributed by atoms with Crippen molar-refractivity contribution in [2.24, 2.45) is 5.10 Å². The highest BCUT2D eigenvalue weighted by Gasteiger charge is 2.13. The van der Waals surface area contributed by atoms with Crippen LogP contribution in [0.25, 0.3) is 5.69 Å². The minimum atomic E-state index is 0.277. The molecule has 0 amide bonds. The van der Waals surface area contributed by atoms with Gasteiger partial charge in [-0.2, -0.15) is 10.2 Å². The van der Waals surface area contributed by atoms with Crippen LogP contribution >= 0.6 is 47.0 Å². The van der Waals surface area contributed by atoms with E-state index in [0.29, 0.717) is 26.4 Å². The van der Waals surface area contributed by atoms with E-state index >= 15 is 0 Å². The Balaban J connectivity index is 1.69. The number of hydrogen-bond donors (Lipinski definition) is 2. The van der Waals surface area contributed by atoms with Gasteiger partial charge in [0.25, 0.3) is 0 Å². The van der Waals surface area contributed by atoms with Crippen LogP contribution in [0.3, 0.4) is 0 Å². The van der Waals surface area contributed by atoms with E-state index in [4.69, 9.17) is 47.0 Å². The maximum atomic E-state index is 6.45. The molecule has 0 aliphatic carbocycles. The van der Waals surface area contributed by atoms with Crippen LogP contribution in [0.1, 0.15) is 11.3 Å². The molecule has 2 N–H and O–H groups in total. The lowest BCUT2D eigenvalue weighted by Crippen LogP contribution is -2.24. The van der Waals surface area contributed by atoms with E-state index < -0.39 is 0 Å². The third-order valence-electron chi connectivity index (χ3n) is 3.59. The molecular formula is C18H14Cl3N5S. The summed E-state index contributed by atoms with van der Waals surface area (Å²) in [5.74, 6) is 0. The lowest BCUT2D eigenvalue weighted by atomic mass is 10.3. The van der Waals surface area contributed by atoms with Crippen LogP contribution in [0.4, 0.5) is 5.69 Å². The number of para-hydroxylation sites is 1. The van der Waals surface area contributed by atoms with Gasteiger partial charge < -0.3 is 5.32 Å². The van der Waals surface area contributed by atoms with Gasteiger partial charge in [-0.25, -0.2) is 4.68 Å². The fraction of sp³-hybridized carbons (Fsp3) is 0.0556. The van der Waals surface area contributed by atoms with Gasteiger partial charge in [0, 0.05) is 5.02 Å². The lowest BCUT2D eigenvalue weighted by molar-refractivity contribution is 0.863. The number of hydrogen-bond acceptors (Lipinski definition) is 3. The quantitative estimate of drug-likeness (QED) is 0.322. The number of nitrogens with zero attached hydrogens (tertiary/aromatic N) is 3. The minimum Gasteiger partial charge on any atom is -0.330 e. The summed E-state index contributed by atoms with van der Waals surface area (Å²) in [6.07, 6.45) is 1.57. The molecule has 9 heteroatoms. The molecule has 27 heavy (non-hydrogen) atoms. The van der Waals surface area contributed by atoms with E-state index in [1.807, 2.05) is 37.3 Å². The van der Waals surface area contributed by atoms with Gasteiger partial charge in [-0.15, -0.1) is 0 Å². The highest BCUT2D eigenvalue weighted by molar-refractivity contribution is 7.80. The smallest absolute Gasteiger partial charge is 0.191 e. The van der Waals surface area contributed by atoms with Crippen molar-refractivity contribution in [1.29, 1.82) is 0 Å². The first-order valence-corrected chi connectivity index (χ1v) is 9.35. The van der Waals surface area contributed by atoms with Gasteiger partial charge in [0.1, 0.15) is 5.15 Å². The molecule has 2 aromatic carbocycles. The first kappa shape index (κ1) is 19.6. The second-order valence-electron chi connectivity index (χ2n) is 5.49. The third kappa shape index (κ3) is 4.78. The summed E-state index contributed by atoms with van der Waals surface area (Å²) in [7, 11) is 0. The van der Waals surface area contributed by atoms with Crippen LogP contribution in [0, 0.1) is 6.92 Å². The summed E-state index contributed by atoms with van der Waals surface area (Å²) in [4.78, 5) is 0. The maximum absolute atomic E-state index is 6.45. The standard InChI is InChI=1S/C18H14Cl3N5S/c1-11-14(17(21)26(25-11)13-5-3-2-4-6-13)10-22-24-18(27)23-16-8-7-12(19)9-15(16)20/h2-10H,1H3,(H2,23,24,27). The second-order valence-corrected chi connectivity index (χ2v) is 7.10. The summed E-state index contributed by atoms with van der Waals surface area (Å²) in [5, 5.41) is 13.3. The van der Waals surface area contributed by atoms with Gasteiger partial charge in [0.15, 0.2) is 5.11 Å². The molecule has 1 aromatic heterocycles. The van der Waals surface area contributed by atoms with Crippen molar-refractivity contribution in [3.8, 4) is 5.69 Å². The zero-order valence-electron chi connectivity index (χ0n) is 14.1. The van der Waals surface area contributed by atoms with Crippen molar-refractivity contribution in [1.82, 2.24) is 15.2 Å². The molecule has 1 heterocycles. The number of rotatable bonds is 4. The topological polar surface area (TPSA) is 54.2 Å². The Morgan fingerprint density at radius 1 is 1.15 bits per heavy atom. The number of halogens is 3. The van der Waals surface area contributed by atoms with Gasteiger partial charge >= 0.3 is 0 Å². The average Bonchev–Trinajstić information content (AvgIpc) is 2.93. The number of thiocarbonyl (C=S) groups is 1. The Bertz CT molecular complexity index is 1000. The van der Waals surface area contributed by atoms with Crippen molar-refractivity contribution in [3.63, 3.8) is 0 Å². The molecule has 0 saturated heterocycles. The van der Waals surface area contributed by atoms with Gasteiger partial charge in [-0.3, -0.25) is 5.43 Å². The fourth-order valence-corrected chi connectivity index (χ4v) is 3.23. The van der Waals surface area contributed by atoms with Crippen LogP contribution in [-0.4, -0.2) is 21.1 Å². The van der Waals surface area contributed by atoms with E-state index in [9.17, 15) is 0 Å². The van der Waals surface area contributed by atoms with Crippen LogP contribution < -0.4 is 10.7 Å². The van der Waals surface area contributed by atoms with E-state index in [1.165, 1.54) is 0 Å². The van der Waals surface area contributed by atoms with E-state index in [1.54, 1.807) is 29.1 Å². The second kappa shape index (κ2) is 8.71. The van der Waals surface area contributed by atoms with Crippen molar-refractivity contribution >= 4 is 64.0 Å². The first-order valence-electron chi connectivity index (χ1n) is 7.81. The van der Waals surface area contributed by atoms with Crippen molar-refractivity contribution in [3.05, 3.63) is 75.0 Å². The normalized spacial score (nSPS) is 11.0. The molecule has 0 aliphatic rings. The number of anilines is 1. The van der Waals surface area contributed by atoms with E-state index in [-0.39, 0.29) is 5.11 Å². The molecule has 0 fully saturated rings. The van der Waals surface area contributed by atoms with Gasteiger partial charge in [0.05, 0.1) is 33.9 Å². The van der Waals surface area contributed by atoms with E-state index in [0.717, 1.165) is 11.4 Å². The number of aryl methyl sites for hydroxylation is 1. The van der Waals surface area contributed by atoms with Crippen LogP contribution in [-0.2, 0) is 0 Å². The predicted octanol–water partition coefficient (Wildman–Crippen LogP) is 5.46. The minimum absolute atomic E-state index is 0.277. The molecule has 5 nitrogen and oxygen atoms in total. The van der Waals surface area contributed by atoms with Crippen molar-refractivity contribution in [2.45, 2.75) is 6.92 Å². The van der Waals surface area contributed by atoms with Crippen molar-refractivity contribution < 1.29 is 0 Å². The fourth-order valence-electron chi connectivity index (χ4n) is 2.29. The van der Waals surface area contributed by atoms with Gasteiger partial charge in [-0.1, -0.05) is 53.0 Å². The molecular weight excluding hydrogens is 425 g/mol. The van der Waals surface area contributed by atoms with Gasteiger partial charge in [0.2, 0.25) is 0 Å². The molecule has 0 saturated carbocycles. The van der Waals surface area contributed by atoms with E-state index in [2.05, 4.69) is 20.9 Å². The Kier molecular flexibility index (Phi) is 6.34. The molecule has 3 rings (SSSR count). The van der Waals surface area contributed by atoms with Crippen LogP contribution in [0.5, 0.6) is 0 Å². The summed E-state index contributed by atoms with van der Waals surface area (Å²) >= 11 is 23.6. The highest BCUT2D eigenvalue weighted by Crippen LogP contribution is 2.25. The Labute approximate surface area is 176 Å². The number of hydrazone groups is 1. The monoisotopic (exact) mass is 437 g/mol. The Hall–Kier alpha value is -2.12. The number of nitrogens with one attached hydrogen (secondary N) is 2. The van der Waals surface area contributed by atoms with Crippen LogP contribution in [0.2, 0.25) is 15.2 Å². The summed E-state index contributed by atoms with van der Waals surface area (Å²) in [6.45, 7) is 1.86. The largest absolute Gasteiger partial charge is 0.330 e. The zero-order valence-corrected chi connectivity index (χ0v) is 17.2.